The number of likely N-dealkylation sites (tertiary alicyclic amines) is 1. The van der Waals surface area contributed by atoms with Gasteiger partial charge in [0, 0.05) is 25.2 Å². The fraction of sp³-hybridized carbons (Fsp3) is 0.350. The van der Waals surface area contributed by atoms with Crippen LogP contribution < -0.4 is 10.1 Å². The Morgan fingerprint density at radius 1 is 1.31 bits per heavy atom. The summed E-state index contributed by atoms with van der Waals surface area (Å²) >= 11 is 0. The number of carbonyl (C=O) groups excluding carboxylic acids is 1. The van der Waals surface area contributed by atoms with Gasteiger partial charge in [-0.1, -0.05) is 18.2 Å². The summed E-state index contributed by atoms with van der Waals surface area (Å²) in [6.45, 7) is 2.92. The summed E-state index contributed by atoms with van der Waals surface area (Å²) in [5, 5.41) is 3.06. The molecule has 0 saturated carbocycles. The highest BCUT2D eigenvalue weighted by Gasteiger charge is 2.33. The number of aromatic nitrogens is 2. The van der Waals surface area contributed by atoms with E-state index >= 15 is 0 Å². The van der Waals surface area contributed by atoms with E-state index in [-0.39, 0.29) is 11.9 Å². The van der Waals surface area contributed by atoms with E-state index in [0.29, 0.717) is 18.0 Å². The van der Waals surface area contributed by atoms with Gasteiger partial charge in [-0.2, -0.15) is 0 Å². The van der Waals surface area contributed by atoms with Crippen molar-refractivity contribution in [3.8, 4) is 5.75 Å². The first kappa shape index (κ1) is 16.6. The first-order valence-electron chi connectivity index (χ1n) is 8.92. The van der Waals surface area contributed by atoms with Crippen molar-refractivity contribution in [2.75, 3.05) is 25.5 Å². The topological polar surface area (TPSA) is 67.4 Å². The molecule has 0 unspecified atom stereocenters. The van der Waals surface area contributed by atoms with Gasteiger partial charge in [0.1, 0.15) is 24.0 Å². The smallest absolute Gasteiger partial charge is 0.253 e. The van der Waals surface area contributed by atoms with E-state index in [4.69, 9.17) is 4.74 Å². The van der Waals surface area contributed by atoms with Crippen molar-refractivity contribution in [3.05, 3.63) is 53.0 Å². The number of amides is 1. The molecule has 134 valence electrons. The van der Waals surface area contributed by atoms with E-state index in [0.717, 1.165) is 42.2 Å². The molecule has 1 saturated heterocycles. The molecule has 2 aliphatic rings. The largest absolute Gasteiger partial charge is 0.488 e. The van der Waals surface area contributed by atoms with Crippen molar-refractivity contribution in [1.29, 1.82) is 0 Å². The van der Waals surface area contributed by atoms with Crippen molar-refractivity contribution >= 4 is 17.8 Å². The average molecular weight is 350 g/mol. The van der Waals surface area contributed by atoms with E-state index in [1.807, 2.05) is 55.3 Å². The number of fused-ring (bicyclic) bond motifs is 1. The van der Waals surface area contributed by atoms with Gasteiger partial charge in [0.05, 0.1) is 17.3 Å². The van der Waals surface area contributed by atoms with Gasteiger partial charge >= 0.3 is 0 Å². The maximum atomic E-state index is 13.2. The van der Waals surface area contributed by atoms with E-state index in [9.17, 15) is 4.79 Å². The molecular weight excluding hydrogens is 328 g/mol. The Morgan fingerprint density at radius 3 is 3.00 bits per heavy atom. The van der Waals surface area contributed by atoms with E-state index in [1.54, 1.807) is 0 Å². The Labute approximate surface area is 152 Å². The first-order chi connectivity index (χ1) is 12.7. The van der Waals surface area contributed by atoms with Crippen LogP contribution in [-0.4, -0.2) is 41.0 Å². The molecule has 1 N–H and O–H groups in total. The highest BCUT2D eigenvalue weighted by atomic mass is 16.5. The van der Waals surface area contributed by atoms with Crippen LogP contribution >= 0.6 is 0 Å². The molecule has 2 aliphatic heterocycles. The second kappa shape index (κ2) is 6.78. The third-order valence-corrected chi connectivity index (χ3v) is 4.88. The van der Waals surface area contributed by atoms with Gasteiger partial charge in [0.15, 0.2) is 0 Å². The predicted molar refractivity (Wildman–Crippen MR) is 99.9 cm³/mol. The van der Waals surface area contributed by atoms with Gasteiger partial charge in [-0.05, 0) is 31.9 Å². The van der Waals surface area contributed by atoms with Crippen molar-refractivity contribution in [2.24, 2.45) is 0 Å². The monoisotopic (exact) mass is 350 g/mol. The Kier molecular flexibility index (Phi) is 4.32. The van der Waals surface area contributed by atoms with Gasteiger partial charge in [-0.15, -0.1) is 0 Å². The molecule has 6 nitrogen and oxygen atoms in total. The number of rotatable bonds is 3. The van der Waals surface area contributed by atoms with Gasteiger partial charge in [0.2, 0.25) is 0 Å². The molecule has 4 rings (SSSR count). The summed E-state index contributed by atoms with van der Waals surface area (Å²) in [5.74, 6) is 2.35. The molecule has 6 heteroatoms. The van der Waals surface area contributed by atoms with Crippen LogP contribution in [0, 0.1) is 6.92 Å². The van der Waals surface area contributed by atoms with Gasteiger partial charge in [-0.3, -0.25) is 4.79 Å². The number of para-hydroxylation sites is 1. The maximum Gasteiger partial charge on any atom is 0.253 e. The number of benzene rings is 1. The summed E-state index contributed by atoms with van der Waals surface area (Å²) in [4.78, 5) is 24.0. The minimum atomic E-state index is -0.0191. The number of hydrogen-bond acceptors (Lipinski definition) is 5. The molecule has 0 radical (unpaired) electrons. The second-order valence-corrected chi connectivity index (χ2v) is 6.63. The highest BCUT2D eigenvalue weighted by molar-refractivity contribution is 5.99. The summed E-state index contributed by atoms with van der Waals surface area (Å²) < 4.78 is 5.76. The predicted octanol–water partition coefficient (Wildman–Crippen LogP) is 2.97. The van der Waals surface area contributed by atoms with Crippen LogP contribution in [0.2, 0.25) is 0 Å². The lowest BCUT2D eigenvalue weighted by molar-refractivity contribution is -0.128. The number of carbonyl (C=O) groups is 1. The standard InChI is InChI=1S/C20H22N4O2/c1-13-22-16(11-19(21-2)23-13)17-7-5-9-24(17)20(25)15-10-14-6-3-4-8-18(14)26-12-15/h3-4,6,8,10-11,17H,5,7,9,12H2,1-2H3,(H,21,22,23)/t17-/m1/s1. The number of nitrogens with one attached hydrogen (secondary N) is 1. The number of hydrogen-bond donors (Lipinski definition) is 1. The zero-order valence-corrected chi connectivity index (χ0v) is 15.0. The number of ether oxygens (including phenoxy) is 1. The minimum Gasteiger partial charge on any atom is -0.488 e. The fourth-order valence-corrected chi connectivity index (χ4v) is 3.63. The van der Waals surface area contributed by atoms with E-state index in [2.05, 4.69) is 15.3 Å². The molecule has 26 heavy (non-hydrogen) atoms. The lowest BCUT2D eigenvalue weighted by atomic mass is 10.1. The van der Waals surface area contributed by atoms with Crippen molar-refractivity contribution in [2.45, 2.75) is 25.8 Å². The van der Waals surface area contributed by atoms with Crippen molar-refractivity contribution in [3.63, 3.8) is 0 Å². The maximum absolute atomic E-state index is 13.2. The zero-order chi connectivity index (χ0) is 18.1. The van der Waals surface area contributed by atoms with Gasteiger partial charge in [-0.25, -0.2) is 9.97 Å². The Balaban J connectivity index is 1.62. The van der Waals surface area contributed by atoms with Crippen molar-refractivity contribution in [1.82, 2.24) is 14.9 Å². The molecule has 0 bridgehead atoms. The lowest BCUT2D eigenvalue weighted by Gasteiger charge is -2.27. The van der Waals surface area contributed by atoms with Crippen LogP contribution in [0.25, 0.3) is 6.08 Å². The third kappa shape index (κ3) is 3.03. The second-order valence-electron chi connectivity index (χ2n) is 6.63. The van der Waals surface area contributed by atoms with Crippen LogP contribution in [0.4, 0.5) is 5.82 Å². The average Bonchev–Trinajstić information content (AvgIpc) is 3.16. The normalized spacial score (nSPS) is 18.8. The van der Waals surface area contributed by atoms with Gasteiger partial charge < -0.3 is 15.0 Å². The van der Waals surface area contributed by atoms with Crippen molar-refractivity contribution < 1.29 is 9.53 Å². The fourth-order valence-electron chi connectivity index (χ4n) is 3.63. The summed E-state index contributed by atoms with van der Waals surface area (Å²) in [6, 6.07) is 9.70. The molecule has 1 aromatic carbocycles. The lowest BCUT2D eigenvalue weighted by Crippen LogP contribution is -2.34. The molecule has 1 atom stereocenters. The molecule has 0 spiro atoms. The summed E-state index contributed by atoms with van der Waals surface area (Å²) in [6.07, 6.45) is 3.83. The minimum absolute atomic E-state index is 0.0191. The number of aryl methyl sites for hydroxylation is 1. The Hall–Kier alpha value is -2.89. The SMILES string of the molecule is CNc1cc([C@H]2CCCN2C(=O)C2=Cc3ccccc3OC2)nc(C)n1. The third-order valence-electron chi connectivity index (χ3n) is 4.88. The molecule has 1 fully saturated rings. The van der Waals surface area contributed by atoms with Crippen LogP contribution in [0.1, 0.15) is 36.0 Å². The van der Waals surface area contributed by atoms with Crippen LogP contribution in [0.5, 0.6) is 5.75 Å². The summed E-state index contributed by atoms with van der Waals surface area (Å²) in [7, 11) is 1.84. The quantitative estimate of drug-likeness (QED) is 0.922. The zero-order valence-electron chi connectivity index (χ0n) is 15.0. The van der Waals surface area contributed by atoms with Crippen LogP contribution in [0.15, 0.2) is 35.9 Å². The van der Waals surface area contributed by atoms with Crippen LogP contribution in [-0.2, 0) is 4.79 Å². The number of nitrogens with zero attached hydrogens (tertiary/aromatic N) is 3. The molecule has 3 heterocycles. The molecule has 0 aliphatic carbocycles. The highest BCUT2D eigenvalue weighted by Crippen LogP contribution is 2.34. The first-order valence-corrected chi connectivity index (χ1v) is 8.92. The van der Waals surface area contributed by atoms with E-state index < -0.39 is 0 Å². The molecule has 1 amide bonds. The molecular formula is C20H22N4O2. The van der Waals surface area contributed by atoms with Gasteiger partial charge in [0.25, 0.3) is 5.91 Å². The number of anilines is 1. The molecule has 2 aromatic rings. The summed E-state index contributed by atoms with van der Waals surface area (Å²) in [5.41, 5.74) is 2.54. The molecule has 1 aromatic heterocycles. The Morgan fingerprint density at radius 2 is 2.15 bits per heavy atom. The van der Waals surface area contributed by atoms with E-state index in [1.165, 1.54) is 0 Å². The van der Waals surface area contributed by atoms with Crippen LogP contribution in [0.3, 0.4) is 0 Å². The Bertz CT molecular complexity index is 878.